The molecular formula is C19H13Cl2N3O7. The highest BCUT2D eigenvalue weighted by Gasteiger charge is 2.37. The molecule has 0 aliphatic carbocycles. The van der Waals surface area contributed by atoms with Gasteiger partial charge >= 0.3 is 5.97 Å². The average Bonchev–Trinajstić information content (AvgIpc) is 2.92. The van der Waals surface area contributed by atoms with Gasteiger partial charge in [-0.15, -0.1) is 0 Å². The number of ether oxygens (including phenoxy) is 1. The van der Waals surface area contributed by atoms with E-state index in [0.29, 0.717) is 16.2 Å². The van der Waals surface area contributed by atoms with E-state index in [1.165, 1.54) is 30.3 Å². The summed E-state index contributed by atoms with van der Waals surface area (Å²) in [6.07, 6.45) is 0. The summed E-state index contributed by atoms with van der Waals surface area (Å²) in [5.41, 5.74) is 0.639. The van der Waals surface area contributed by atoms with E-state index < -0.39 is 41.8 Å². The molecule has 0 radical (unpaired) electrons. The first-order valence-electron chi connectivity index (χ1n) is 8.64. The molecule has 0 bridgehead atoms. The Balaban J connectivity index is 1.57. The van der Waals surface area contributed by atoms with Crippen LogP contribution in [0.3, 0.4) is 0 Å². The summed E-state index contributed by atoms with van der Waals surface area (Å²) < 4.78 is 4.83. The van der Waals surface area contributed by atoms with Gasteiger partial charge in [-0.1, -0.05) is 23.2 Å². The van der Waals surface area contributed by atoms with E-state index in [2.05, 4.69) is 5.32 Å². The number of hydrogen-bond acceptors (Lipinski definition) is 7. The summed E-state index contributed by atoms with van der Waals surface area (Å²) >= 11 is 11.7. The third kappa shape index (κ3) is 4.65. The molecule has 160 valence electrons. The Kier molecular flexibility index (Phi) is 6.23. The van der Waals surface area contributed by atoms with Crippen LogP contribution in [0.1, 0.15) is 26.3 Å². The zero-order valence-corrected chi connectivity index (χ0v) is 17.3. The maximum atomic E-state index is 12.4. The lowest BCUT2D eigenvalue weighted by molar-refractivity contribution is -0.384. The minimum atomic E-state index is -0.984. The molecule has 0 spiro atoms. The monoisotopic (exact) mass is 465 g/mol. The third-order valence-corrected chi connectivity index (χ3v) is 5.08. The van der Waals surface area contributed by atoms with Gasteiger partial charge in [-0.2, -0.15) is 0 Å². The number of non-ortho nitro benzene ring substituents is 1. The van der Waals surface area contributed by atoms with Crippen LogP contribution >= 0.6 is 23.2 Å². The van der Waals surface area contributed by atoms with Crippen molar-refractivity contribution in [3.05, 3.63) is 67.2 Å². The van der Waals surface area contributed by atoms with E-state index in [1.807, 2.05) is 0 Å². The van der Waals surface area contributed by atoms with Crippen LogP contribution in [0.25, 0.3) is 0 Å². The summed E-state index contributed by atoms with van der Waals surface area (Å²) in [7, 11) is 0. The molecule has 1 aliphatic rings. The van der Waals surface area contributed by atoms with E-state index in [-0.39, 0.29) is 26.9 Å². The first-order valence-corrected chi connectivity index (χ1v) is 9.40. The number of carbonyl (C=O) groups excluding carboxylic acids is 4. The molecule has 3 rings (SSSR count). The van der Waals surface area contributed by atoms with Gasteiger partial charge in [0.2, 0.25) is 0 Å². The number of amides is 3. The Morgan fingerprint density at radius 3 is 2.19 bits per heavy atom. The topological polar surface area (TPSA) is 136 Å². The lowest BCUT2D eigenvalue weighted by Gasteiger charge is -2.13. The number of rotatable bonds is 6. The van der Waals surface area contributed by atoms with E-state index in [9.17, 15) is 29.3 Å². The van der Waals surface area contributed by atoms with Gasteiger partial charge in [-0.05, 0) is 30.7 Å². The number of esters is 1. The summed E-state index contributed by atoms with van der Waals surface area (Å²) in [5.74, 6) is -3.16. The van der Waals surface area contributed by atoms with Crippen LogP contribution in [-0.2, 0) is 14.3 Å². The molecule has 1 N–H and O–H groups in total. The highest BCUT2D eigenvalue weighted by Crippen LogP contribution is 2.31. The molecule has 0 aromatic heterocycles. The third-order valence-electron chi connectivity index (χ3n) is 4.36. The summed E-state index contributed by atoms with van der Waals surface area (Å²) in [6.45, 7) is 0.177. The molecule has 10 nitrogen and oxygen atoms in total. The minimum Gasteiger partial charge on any atom is -0.454 e. The Bertz CT molecular complexity index is 1110. The molecule has 0 saturated heterocycles. The van der Waals surface area contributed by atoms with Gasteiger partial charge in [0.25, 0.3) is 23.4 Å². The lowest BCUT2D eigenvalue weighted by atomic mass is 10.1. The minimum absolute atomic E-state index is 0.0126. The van der Waals surface area contributed by atoms with Crippen LogP contribution in [0.4, 0.5) is 11.4 Å². The Hall–Kier alpha value is -3.50. The van der Waals surface area contributed by atoms with Crippen molar-refractivity contribution in [2.45, 2.75) is 6.92 Å². The predicted octanol–water partition coefficient (Wildman–Crippen LogP) is 2.99. The van der Waals surface area contributed by atoms with Crippen molar-refractivity contribution < 1.29 is 28.8 Å². The summed E-state index contributed by atoms with van der Waals surface area (Å²) in [6, 6.07) is 6.33. The van der Waals surface area contributed by atoms with Crippen molar-refractivity contribution in [3.63, 3.8) is 0 Å². The molecule has 1 aliphatic heterocycles. The fourth-order valence-corrected chi connectivity index (χ4v) is 3.16. The first-order chi connectivity index (χ1) is 14.6. The smallest absolute Gasteiger partial charge is 0.326 e. The zero-order chi connectivity index (χ0) is 22.9. The van der Waals surface area contributed by atoms with Gasteiger partial charge < -0.3 is 10.1 Å². The zero-order valence-electron chi connectivity index (χ0n) is 15.8. The maximum absolute atomic E-state index is 12.4. The number of hydrogen-bond donors (Lipinski definition) is 1. The van der Waals surface area contributed by atoms with E-state index in [1.54, 1.807) is 6.92 Å². The second-order valence-electron chi connectivity index (χ2n) is 6.47. The first kappa shape index (κ1) is 22.2. The molecule has 12 heteroatoms. The standard InChI is InChI=1S/C19H13Cl2N3O7/c1-9-4-10(24(29)30)2-3-15(9)22-16(25)8-31-17(26)7-23-18(27)11-5-13(20)14(21)6-12(11)19(23)28/h2-6H,7-8H2,1H3,(H,22,25). The van der Waals surface area contributed by atoms with E-state index in [4.69, 9.17) is 27.9 Å². The van der Waals surface area contributed by atoms with Crippen molar-refractivity contribution in [2.24, 2.45) is 0 Å². The average molecular weight is 466 g/mol. The van der Waals surface area contributed by atoms with Gasteiger partial charge in [0.15, 0.2) is 6.61 Å². The highest BCUT2D eigenvalue weighted by atomic mass is 35.5. The maximum Gasteiger partial charge on any atom is 0.326 e. The van der Waals surface area contributed by atoms with Gasteiger partial charge in [-0.3, -0.25) is 34.2 Å². The van der Waals surface area contributed by atoms with Crippen LogP contribution in [0.15, 0.2) is 30.3 Å². The fraction of sp³-hybridized carbons (Fsp3) is 0.158. The van der Waals surface area contributed by atoms with E-state index in [0.717, 1.165) is 0 Å². The van der Waals surface area contributed by atoms with Crippen LogP contribution in [0.5, 0.6) is 0 Å². The number of nitro benzene ring substituents is 1. The van der Waals surface area contributed by atoms with Crippen molar-refractivity contribution in [1.82, 2.24) is 4.90 Å². The van der Waals surface area contributed by atoms with Gasteiger partial charge in [-0.25, -0.2) is 0 Å². The van der Waals surface area contributed by atoms with Crippen molar-refractivity contribution >= 4 is 58.3 Å². The number of nitro groups is 1. The van der Waals surface area contributed by atoms with Gasteiger partial charge in [0.1, 0.15) is 6.54 Å². The van der Waals surface area contributed by atoms with Crippen LogP contribution in [0, 0.1) is 17.0 Å². The Morgan fingerprint density at radius 1 is 1.10 bits per heavy atom. The quantitative estimate of drug-likeness (QED) is 0.299. The van der Waals surface area contributed by atoms with Crippen molar-refractivity contribution in [1.29, 1.82) is 0 Å². The van der Waals surface area contributed by atoms with Crippen LogP contribution < -0.4 is 5.32 Å². The second-order valence-corrected chi connectivity index (χ2v) is 7.29. The number of benzene rings is 2. The molecule has 0 saturated carbocycles. The number of nitrogens with one attached hydrogen (secondary N) is 1. The molecule has 1 heterocycles. The SMILES string of the molecule is Cc1cc([N+](=O)[O-])ccc1NC(=O)COC(=O)CN1C(=O)c2cc(Cl)c(Cl)cc2C1=O. The second kappa shape index (κ2) is 8.70. The lowest BCUT2D eigenvalue weighted by Crippen LogP contribution is -2.36. The molecule has 31 heavy (non-hydrogen) atoms. The van der Waals surface area contributed by atoms with Gasteiger partial charge in [0, 0.05) is 17.8 Å². The number of halogens is 2. The number of fused-ring (bicyclic) bond motifs is 1. The number of imide groups is 1. The van der Waals surface area contributed by atoms with E-state index >= 15 is 0 Å². The van der Waals surface area contributed by atoms with Crippen LogP contribution in [-0.4, -0.2) is 46.7 Å². The molecule has 0 fully saturated rings. The highest BCUT2D eigenvalue weighted by molar-refractivity contribution is 6.43. The molecule has 3 amide bonds. The predicted molar refractivity (Wildman–Crippen MR) is 109 cm³/mol. The fourth-order valence-electron chi connectivity index (χ4n) is 2.84. The number of aryl methyl sites for hydroxylation is 1. The number of carbonyl (C=O) groups is 4. The van der Waals surface area contributed by atoms with Gasteiger partial charge in [0.05, 0.1) is 26.1 Å². The Morgan fingerprint density at radius 2 is 1.68 bits per heavy atom. The molecule has 2 aromatic rings. The largest absolute Gasteiger partial charge is 0.454 e. The summed E-state index contributed by atoms with van der Waals surface area (Å²) in [4.78, 5) is 59.6. The number of nitrogens with zero attached hydrogens (tertiary/aromatic N) is 2. The molecular weight excluding hydrogens is 453 g/mol. The molecule has 0 unspecified atom stereocenters. The molecule has 2 aromatic carbocycles. The van der Waals surface area contributed by atoms with Crippen molar-refractivity contribution in [2.75, 3.05) is 18.5 Å². The number of anilines is 1. The molecule has 0 atom stereocenters. The van der Waals surface area contributed by atoms with Crippen LogP contribution in [0.2, 0.25) is 10.0 Å². The Labute approximate surface area is 184 Å². The van der Waals surface area contributed by atoms with Crippen molar-refractivity contribution in [3.8, 4) is 0 Å². The summed E-state index contributed by atoms with van der Waals surface area (Å²) in [5, 5.41) is 13.4. The normalized spacial score (nSPS) is 12.5.